The molecule has 0 atom stereocenters. The summed E-state index contributed by atoms with van der Waals surface area (Å²) in [7, 11) is 1.57. The summed E-state index contributed by atoms with van der Waals surface area (Å²) in [6.07, 6.45) is 2.78. The number of aromatic nitrogens is 4. The number of carbonyl (C=O) groups is 1. The molecule has 0 radical (unpaired) electrons. The normalized spacial score (nSPS) is 10.8. The average molecular weight is 345 g/mol. The Morgan fingerprint density at radius 2 is 2.17 bits per heavy atom. The van der Waals surface area contributed by atoms with Gasteiger partial charge in [-0.3, -0.25) is 4.57 Å². The summed E-state index contributed by atoms with van der Waals surface area (Å²) < 4.78 is 6.67. The zero-order chi connectivity index (χ0) is 17.1. The molecule has 24 heavy (non-hydrogen) atoms. The van der Waals surface area contributed by atoms with Crippen molar-refractivity contribution in [3.63, 3.8) is 0 Å². The lowest BCUT2D eigenvalue weighted by molar-refractivity contribution is 0.0691. The quantitative estimate of drug-likeness (QED) is 0.765. The van der Waals surface area contributed by atoms with E-state index in [-0.39, 0.29) is 5.69 Å². The maximum absolute atomic E-state index is 11.0. The third-order valence-electron chi connectivity index (χ3n) is 3.21. The predicted octanol–water partition coefficient (Wildman–Crippen LogP) is 2.83. The first-order chi connectivity index (χ1) is 11.6. The third kappa shape index (κ3) is 3.42. The highest BCUT2D eigenvalue weighted by molar-refractivity contribution is 6.30. The first-order valence-electron chi connectivity index (χ1n) is 6.97. The van der Waals surface area contributed by atoms with Crippen LogP contribution in [-0.4, -0.2) is 37.7 Å². The molecule has 0 aliphatic heterocycles. The van der Waals surface area contributed by atoms with Gasteiger partial charge in [-0.1, -0.05) is 23.7 Å². The van der Waals surface area contributed by atoms with Gasteiger partial charge >= 0.3 is 5.97 Å². The third-order valence-corrected chi connectivity index (χ3v) is 3.44. The molecule has 2 aromatic heterocycles. The van der Waals surface area contributed by atoms with Crippen LogP contribution < -0.4 is 0 Å². The number of hydrogen-bond donors (Lipinski definition) is 1. The van der Waals surface area contributed by atoms with Crippen LogP contribution >= 0.6 is 11.6 Å². The van der Waals surface area contributed by atoms with Gasteiger partial charge in [-0.15, -0.1) is 0 Å². The number of rotatable bonds is 5. The molecule has 122 valence electrons. The van der Waals surface area contributed by atoms with Gasteiger partial charge in [0.2, 0.25) is 0 Å². The fourth-order valence-corrected chi connectivity index (χ4v) is 2.34. The number of aromatic carboxylic acids is 1. The molecule has 3 aromatic rings. The molecule has 0 bridgehead atoms. The molecule has 1 N–H and O–H groups in total. The number of methoxy groups -OCH3 is 1. The van der Waals surface area contributed by atoms with Crippen LogP contribution in [0.25, 0.3) is 17.2 Å². The summed E-state index contributed by atoms with van der Waals surface area (Å²) in [5.74, 6) is -0.144. The second kappa shape index (κ2) is 6.77. The van der Waals surface area contributed by atoms with Gasteiger partial charge in [0.25, 0.3) is 0 Å². The highest BCUT2D eigenvalue weighted by atomic mass is 35.5. The molecule has 0 fully saturated rings. The number of hydrogen-bond acceptors (Lipinski definition) is 5. The van der Waals surface area contributed by atoms with Crippen molar-refractivity contribution >= 4 is 17.6 Å². The van der Waals surface area contributed by atoms with Crippen LogP contribution in [0, 0.1) is 0 Å². The molecule has 2 heterocycles. The van der Waals surface area contributed by atoms with Crippen molar-refractivity contribution < 1.29 is 14.6 Å². The zero-order valence-corrected chi connectivity index (χ0v) is 13.4. The second-order valence-electron chi connectivity index (χ2n) is 4.96. The Labute approximate surface area is 142 Å². The lowest BCUT2D eigenvalue weighted by atomic mass is 10.2. The van der Waals surface area contributed by atoms with E-state index in [1.165, 1.54) is 17.1 Å². The number of imidazole rings is 1. The fourth-order valence-electron chi connectivity index (χ4n) is 2.15. The van der Waals surface area contributed by atoms with Crippen molar-refractivity contribution in [2.45, 2.75) is 6.61 Å². The Morgan fingerprint density at radius 1 is 1.33 bits per heavy atom. The van der Waals surface area contributed by atoms with Crippen molar-refractivity contribution in [1.82, 2.24) is 19.5 Å². The number of nitrogens with zero attached hydrogens (tertiary/aromatic N) is 4. The minimum absolute atomic E-state index is 0.0637. The Morgan fingerprint density at radius 3 is 2.83 bits per heavy atom. The standard InChI is InChI=1S/C16H13ClN4O3/c1-24-8-12-6-14(21-7-13(16(22)23)18-9-21)20-15(19-12)10-3-2-4-11(17)5-10/h2-7,9H,8H2,1H3,(H,22,23). The molecule has 0 unspecified atom stereocenters. The molecular weight excluding hydrogens is 332 g/mol. The minimum atomic E-state index is -1.10. The maximum Gasteiger partial charge on any atom is 0.356 e. The van der Waals surface area contributed by atoms with E-state index in [4.69, 9.17) is 21.4 Å². The van der Waals surface area contributed by atoms with Gasteiger partial charge < -0.3 is 9.84 Å². The second-order valence-corrected chi connectivity index (χ2v) is 5.39. The van der Waals surface area contributed by atoms with Gasteiger partial charge in [0.1, 0.15) is 12.1 Å². The first kappa shape index (κ1) is 16.1. The largest absolute Gasteiger partial charge is 0.476 e. The van der Waals surface area contributed by atoms with Crippen LogP contribution in [0.2, 0.25) is 5.02 Å². The van der Waals surface area contributed by atoms with Gasteiger partial charge in [-0.05, 0) is 12.1 Å². The summed E-state index contributed by atoms with van der Waals surface area (Å²) >= 11 is 6.03. The fraction of sp³-hybridized carbons (Fsp3) is 0.125. The van der Waals surface area contributed by atoms with Crippen LogP contribution in [0.4, 0.5) is 0 Å². The van der Waals surface area contributed by atoms with Crippen LogP contribution in [-0.2, 0) is 11.3 Å². The molecule has 0 saturated carbocycles. The number of benzene rings is 1. The van der Waals surface area contributed by atoms with Crippen molar-refractivity contribution in [1.29, 1.82) is 0 Å². The van der Waals surface area contributed by atoms with E-state index >= 15 is 0 Å². The Kier molecular flexibility index (Phi) is 4.54. The highest BCUT2D eigenvalue weighted by Gasteiger charge is 2.12. The summed E-state index contributed by atoms with van der Waals surface area (Å²) in [6, 6.07) is 8.89. The lowest BCUT2D eigenvalue weighted by Crippen LogP contribution is -2.03. The molecule has 1 aromatic carbocycles. The minimum Gasteiger partial charge on any atom is -0.476 e. The number of halogens is 1. The van der Waals surface area contributed by atoms with Crippen molar-refractivity contribution in [2.75, 3.05) is 7.11 Å². The molecule has 8 heteroatoms. The molecule has 0 aliphatic carbocycles. The molecular formula is C16H13ClN4O3. The first-order valence-corrected chi connectivity index (χ1v) is 7.35. The Balaban J connectivity index is 2.10. The van der Waals surface area contributed by atoms with Gasteiger partial charge in [-0.2, -0.15) is 0 Å². The van der Waals surface area contributed by atoms with Crippen LogP contribution in [0.15, 0.2) is 42.9 Å². The van der Waals surface area contributed by atoms with Gasteiger partial charge in [0.15, 0.2) is 11.5 Å². The number of carboxylic acid groups (broad SMARTS) is 1. The molecule has 0 amide bonds. The Bertz CT molecular complexity index is 895. The van der Waals surface area contributed by atoms with E-state index in [9.17, 15) is 4.79 Å². The van der Waals surface area contributed by atoms with Crippen molar-refractivity contribution in [3.05, 3.63) is 59.3 Å². The van der Waals surface area contributed by atoms with E-state index < -0.39 is 5.97 Å². The van der Waals surface area contributed by atoms with E-state index in [2.05, 4.69) is 15.0 Å². The van der Waals surface area contributed by atoms with Crippen molar-refractivity contribution in [3.8, 4) is 17.2 Å². The summed E-state index contributed by atoms with van der Waals surface area (Å²) in [5, 5.41) is 9.58. The monoisotopic (exact) mass is 344 g/mol. The maximum atomic E-state index is 11.0. The zero-order valence-electron chi connectivity index (χ0n) is 12.7. The van der Waals surface area contributed by atoms with E-state index in [1.54, 1.807) is 25.3 Å². The van der Waals surface area contributed by atoms with Gasteiger partial charge in [0, 0.05) is 30.0 Å². The molecule has 0 aliphatic rings. The molecule has 0 saturated heterocycles. The molecule has 0 spiro atoms. The average Bonchev–Trinajstić information content (AvgIpc) is 3.05. The predicted molar refractivity (Wildman–Crippen MR) is 87.3 cm³/mol. The lowest BCUT2D eigenvalue weighted by Gasteiger charge is -2.08. The van der Waals surface area contributed by atoms with Gasteiger partial charge in [0.05, 0.1) is 12.3 Å². The van der Waals surface area contributed by atoms with Crippen LogP contribution in [0.5, 0.6) is 0 Å². The van der Waals surface area contributed by atoms with Crippen molar-refractivity contribution in [2.24, 2.45) is 0 Å². The van der Waals surface area contributed by atoms with E-state index in [0.29, 0.717) is 29.0 Å². The molecule has 3 rings (SSSR count). The van der Waals surface area contributed by atoms with E-state index in [1.807, 2.05) is 12.1 Å². The summed E-state index contributed by atoms with van der Waals surface area (Å²) in [6.45, 7) is 0.295. The summed E-state index contributed by atoms with van der Waals surface area (Å²) in [4.78, 5) is 23.8. The highest BCUT2D eigenvalue weighted by Crippen LogP contribution is 2.21. The Hall–Kier alpha value is -2.77. The van der Waals surface area contributed by atoms with E-state index in [0.717, 1.165) is 5.56 Å². The smallest absolute Gasteiger partial charge is 0.356 e. The number of ether oxygens (including phenoxy) is 1. The SMILES string of the molecule is COCc1cc(-n2cnc(C(=O)O)c2)nc(-c2cccc(Cl)c2)n1. The topological polar surface area (TPSA) is 90.1 Å². The van der Waals surface area contributed by atoms with Gasteiger partial charge in [-0.25, -0.2) is 19.7 Å². The van der Waals surface area contributed by atoms with Crippen LogP contribution in [0.1, 0.15) is 16.2 Å². The number of carboxylic acids is 1. The molecule has 7 nitrogen and oxygen atoms in total. The van der Waals surface area contributed by atoms with Crippen LogP contribution in [0.3, 0.4) is 0 Å². The summed E-state index contributed by atoms with van der Waals surface area (Å²) in [5.41, 5.74) is 1.34.